The Balaban J connectivity index is 1.68. The maximum Gasteiger partial charge on any atom is 0.254 e. The van der Waals surface area contributed by atoms with Crippen LogP contribution in [0.25, 0.3) is 0 Å². The Morgan fingerprint density at radius 3 is 2.79 bits per heavy atom. The van der Waals surface area contributed by atoms with E-state index in [1.54, 1.807) is 23.1 Å². The summed E-state index contributed by atoms with van der Waals surface area (Å²) in [6, 6.07) is 6.97. The summed E-state index contributed by atoms with van der Waals surface area (Å²) in [5.74, 6) is 0.370. The third-order valence-electron chi connectivity index (χ3n) is 5.06. The van der Waals surface area contributed by atoms with Crippen molar-refractivity contribution in [2.45, 2.75) is 12.5 Å². The molecule has 1 fully saturated rings. The number of likely N-dealkylation sites (tertiary alicyclic amines) is 1. The second-order valence-electron chi connectivity index (χ2n) is 7.84. The van der Waals surface area contributed by atoms with Gasteiger partial charge in [0.2, 0.25) is 11.9 Å². The predicted molar refractivity (Wildman–Crippen MR) is 124 cm³/mol. The van der Waals surface area contributed by atoms with Gasteiger partial charge in [0.15, 0.2) is 0 Å². The van der Waals surface area contributed by atoms with Gasteiger partial charge in [0, 0.05) is 31.2 Å². The summed E-state index contributed by atoms with van der Waals surface area (Å²) in [5.41, 5.74) is 1.34. The van der Waals surface area contributed by atoms with Crippen molar-refractivity contribution in [1.29, 1.82) is 5.26 Å². The number of aromatic nitrogens is 2. The summed E-state index contributed by atoms with van der Waals surface area (Å²) in [6.45, 7) is 5.63. The monoisotopic (exact) mass is 449 g/mol. The Labute approximate surface area is 192 Å². The Bertz CT molecular complexity index is 1050. The van der Waals surface area contributed by atoms with E-state index in [1.807, 2.05) is 25.1 Å². The molecule has 0 aliphatic carbocycles. The maximum absolute atomic E-state index is 13.1. The lowest BCUT2D eigenvalue weighted by molar-refractivity contribution is -0.111. The second kappa shape index (κ2) is 11.1. The van der Waals surface area contributed by atoms with Crippen LogP contribution in [0, 0.1) is 11.3 Å². The van der Waals surface area contributed by atoms with Crippen molar-refractivity contribution < 1.29 is 14.3 Å². The molecule has 0 saturated carbocycles. The molecular formula is C23H27N7O3. The van der Waals surface area contributed by atoms with Crippen LogP contribution in [0.15, 0.2) is 43.2 Å². The summed E-state index contributed by atoms with van der Waals surface area (Å²) in [7, 11) is 3.87. The Morgan fingerprint density at radius 1 is 1.36 bits per heavy atom. The van der Waals surface area contributed by atoms with Crippen molar-refractivity contribution in [3.05, 3.63) is 54.4 Å². The van der Waals surface area contributed by atoms with Gasteiger partial charge in [-0.25, -0.2) is 9.97 Å². The Morgan fingerprint density at radius 2 is 2.12 bits per heavy atom. The van der Waals surface area contributed by atoms with E-state index in [1.165, 1.54) is 18.5 Å². The highest BCUT2D eigenvalue weighted by molar-refractivity contribution is 6.01. The molecular weight excluding hydrogens is 422 g/mol. The zero-order valence-electron chi connectivity index (χ0n) is 18.7. The van der Waals surface area contributed by atoms with Crippen LogP contribution in [0.2, 0.25) is 0 Å². The molecule has 172 valence electrons. The number of ether oxygens (including phenoxy) is 1. The fraction of sp³-hybridized carbons (Fsp3) is 0.348. The molecule has 1 aliphatic heterocycles. The smallest absolute Gasteiger partial charge is 0.254 e. The summed E-state index contributed by atoms with van der Waals surface area (Å²) in [5, 5.41) is 14.8. The van der Waals surface area contributed by atoms with Gasteiger partial charge in [0.05, 0.1) is 23.6 Å². The van der Waals surface area contributed by atoms with E-state index >= 15 is 0 Å². The zero-order valence-corrected chi connectivity index (χ0v) is 18.7. The molecule has 0 bridgehead atoms. The largest absolute Gasteiger partial charge is 0.490 e. The van der Waals surface area contributed by atoms with Crippen molar-refractivity contribution >= 4 is 23.5 Å². The van der Waals surface area contributed by atoms with Gasteiger partial charge in [-0.3, -0.25) is 9.59 Å². The van der Waals surface area contributed by atoms with Crippen LogP contribution in [-0.2, 0) is 4.79 Å². The molecule has 2 heterocycles. The molecule has 0 radical (unpaired) electrons. The first-order valence-corrected chi connectivity index (χ1v) is 10.5. The number of carbonyl (C=O) groups excluding carboxylic acids is 2. The lowest BCUT2D eigenvalue weighted by Crippen LogP contribution is -2.32. The Hall–Kier alpha value is -3.97. The number of nitriles is 1. The SMILES string of the molecule is C=CC(=O)Nc1ccc(C(=O)N2CCC(Nc3ncc(C#N)cn3)C2)cc1OCCN(C)C. The van der Waals surface area contributed by atoms with Crippen molar-refractivity contribution in [2.75, 3.05) is 51.0 Å². The highest BCUT2D eigenvalue weighted by Crippen LogP contribution is 2.27. The number of likely N-dealkylation sites (N-methyl/N-ethyl adjacent to an activating group) is 1. The molecule has 2 amide bonds. The molecule has 1 unspecified atom stereocenters. The molecule has 1 aromatic carbocycles. The number of carbonyl (C=O) groups is 2. The molecule has 10 nitrogen and oxygen atoms in total. The lowest BCUT2D eigenvalue weighted by Gasteiger charge is -2.19. The zero-order chi connectivity index (χ0) is 23.8. The van der Waals surface area contributed by atoms with E-state index in [0.717, 1.165) is 6.42 Å². The first-order valence-electron chi connectivity index (χ1n) is 10.5. The van der Waals surface area contributed by atoms with E-state index < -0.39 is 0 Å². The lowest BCUT2D eigenvalue weighted by atomic mass is 10.1. The molecule has 1 saturated heterocycles. The van der Waals surface area contributed by atoms with Crippen molar-refractivity contribution in [3.63, 3.8) is 0 Å². The summed E-state index contributed by atoms with van der Waals surface area (Å²) in [4.78, 5) is 36.9. The standard InChI is InChI=1S/C23H27N7O3/c1-4-21(31)28-19-6-5-17(11-20(19)33-10-9-29(2)3)22(32)30-8-7-18(15-30)27-23-25-13-16(12-24)14-26-23/h4-6,11,13-14,18H,1,7-10,15H2,2-3H3,(H,28,31)(H,25,26,27). The maximum atomic E-state index is 13.1. The van der Waals surface area contributed by atoms with Crippen molar-refractivity contribution in [2.24, 2.45) is 0 Å². The third kappa shape index (κ3) is 6.51. The van der Waals surface area contributed by atoms with Crippen molar-refractivity contribution in [3.8, 4) is 11.8 Å². The van der Waals surface area contributed by atoms with Crippen LogP contribution in [0.3, 0.4) is 0 Å². The minimum Gasteiger partial charge on any atom is -0.490 e. The van der Waals surface area contributed by atoms with Gasteiger partial charge in [0.25, 0.3) is 5.91 Å². The fourth-order valence-electron chi connectivity index (χ4n) is 3.29. The molecule has 2 N–H and O–H groups in total. The quantitative estimate of drug-likeness (QED) is 0.555. The number of anilines is 2. The summed E-state index contributed by atoms with van der Waals surface area (Å²) in [6.07, 6.45) is 4.84. The average Bonchev–Trinajstić information content (AvgIpc) is 3.28. The van der Waals surface area contributed by atoms with Gasteiger partial charge < -0.3 is 25.2 Å². The molecule has 2 aromatic rings. The molecule has 1 aliphatic rings. The number of amides is 2. The van der Waals surface area contributed by atoms with Gasteiger partial charge in [-0.2, -0.15) is 5.26 Å². The topological polar surface area (TPSA) is 123 Å². The van der Waals surface area contributed by atoms with Gasteiger partial charge in [-0.05, 0) is 44.8 Å². The predicted octanol–water partition coefficient (Wildman–Crippen LogP) is 1.74. The number of rotatable bonds is 9. The molecule has 1 aromatic heterocycles. The number of nitrogens with zero attached hydrogens (tertiary/aromatic N) is 5. The Kier molecular flexibility index (Phi) is 7.94. The highest BCUT2D eigenvalue weighted by atomic mass is 16.5. The normalized spacial score (nSPS) is 15.1. The van der Waals surface area contributed by atoms with Gasteiger partial charge in [-0.1, -0.05) is 6.58 Å². The minimum absolute atomic E-state index is 0.00357. The molecule has 3 rings (SSSR count). The number of benzene rings is 1. The molecule has 0 spiro atoms. The van der Waals surface area contributed by atoms with Crippen molar-refractivity contribution in [1.82, 2.24) is 19.8 Å². The molecule has 1 atom stereocenters. The van der Waals surface area contributed by atoms with Gasteiger partial charge in [0.1, 0.15) is 18.4 Å². The third-order valence-corrected chi connectivity index (χ3v) is 5.06. The van der Waals surface area contributed by atoms with E-state index in [0.29, 0.717) is 54.8 Å². The highest BCUT2D eigenvalue weighted by Gasteiger charge is 2.28. The van der Waals surface area contributed by atoms with Gasteiger partial charge >= 0.3 is 0 Å². The van der Waals surface area contributed by atoms with E-state index in [2.05, 4.69) is 27.2 Å². The van der Waals surface area contributed by atoms with E-state index in [4.69, 9.17) is 10.00 Å². The van der Waals surface area contributed by atoms with Crippen LogP contribution in [0.5, 0.6) is 5.75 Å². The van der Waals surface area contributed by atoms with Crippen LogP contribution >= 0.6 is 0 Å². The summed E-state index contributed by atoms with van der Waals surface area (Å²) < 4.78 is 5.85. The fourth-order valence-corrected chi connectivity index (χ4v) is 3.29. The van der Waals surface area contributed by atoms with Crippen LogP contribution < -0.4 is 15.4 Å². The number of hydrogen-bond donors (Lipinski definition) is 2. The van der Waals surface area contributed by atoms with Crippen LogP contribution in [0.4, 0.5) is 11.6 Å². The van der Waals surface area contributed by atoms with E-state index in [-0.39, 0.29) is 17.9 Å². The second-order valence-corrected chi connectivity index (χ2v) is 7.84. The van der Waals surface area contributed by atoms with Gasteiger partial charge in [-0.15, -0.1) is 0 Å². The van der Waals surface area contributed by atoms with Crippen LogP contribution in [-0.4, -0.2) is 78.0 Å². The summed E-state index contributed by atoms with van der Waals surface area (Å²) >= 11 is 0. The van der Waals surface area contributed by atoms with Crippen LogP contribution in [0.1, 0.15) is 22.3 Å². The molecule has 33 heavy (non-hydrogen) atoms. The molecule has 10 heteroatoms. The minimum atomic E-state index is -0.356. The number of hydrogen-bond acceptors (Lipinski definition) is 8. The van der Waals surface area contributed by atoms with E-state index in [9.17, 15) is 9.59 Å². The number of nitrogens with one attached hydrogen (secondary N) is 2. The average molecular weight is 450 g/mol. The first kappa shape index (κ1) is 23.7. The first-order chi connectivity index (χ1) is 15.9.